The zero-order valence-corrected chi connectivity index (χ0v) is 17.7. The maximum atomic E-state index is 12.1. The highest BCUT2D eigenvalue weighted by Gasteiger charge is 2.56. The Morgan fingerprint density at radius 2 is 1.84 bits per heavy atom. The molecule has 1 aliphatic carbocycles. The topological polar surface area (TPSA) is 43.1 Å². The Labute approximate surface area is 151 Å². The summed E-state index contributed by atoms with van der Waals surface area (Å²) in [5, 5.41) is 3.03. The number of allylic oxidation sites excluding steroid dienone is 1. The number of hydrogen-bond donors (Lipinski definition) is 1. The van der Waals surface area contributed by atoms with Crippen LogP contribution in [0, 0.1) is 6.92 Å². The van der Waals surface area contributed by atoms with Gasteiger partial charge in [-0.05, 0) is 41.2 Å². The summed E-state index contributed by atoms with van der Waals surface area (Å²) in [5.41, 5.74) is 12.8. The van der Waals surface area contributed by atoms with E-state index in [1.807, 2.05) is 0 Å². The summed E-state index contributed by atoms with van der Waals surface area (Å²) in [6, 6.07) is 8.71. The fourth-order valence-corrected chi connectivity index (χ4v) is 15.1. The number of primary amides is 1. The molecular formula is C21H25NOSi2. The van der Waals surface area contributed by atoms with Crippen molar-refractivity contribution in [1.82, 2.24) is 0 Å². The molecule has 0 spiro atoms. The van der Waals surface area contributed by atoms with E-state index < -0.39 is 15.2 Å². The van der Waals surface area contributed by atoms with Crippen LogP contribution in [-0.2, 0) is 6.42 Å². The Morgan fingerprint density at radius 3 is 2.52 bits per heavy atom. The molecular weight excluding hydrogens is 338 g/mol. The minimum atomic E-state index is -1.49. The highest BCUT2D eigenvalue weighted by atomic mass is 29.3. The molecule has 1 aliphatic heterocycles. The van der Waals surface area contributed by atoms with Crippen LogP contribution in [0.5, 0.6) is 0 Å². The first-order valence-corrected chi connectivity index (χ1v) is 15.9. The molecule has 1 amide bonds. The second-order valence-corrected chi connectivity index (χ2v) is 23.5. The quantitative estimate of drug-likeness (QED) is 0.818. The zero-order valence-electron chi connectivity index (χ0n) is 15.7. The highest BCUT2D eigenvalue weighted by molar-refractivity contribution is 7.57. The van der Waals surface area contributed by atoms with Gasteiger partial charge < -0.3 is 5.73 Å². The Morgan fingerprint density at radius 1 is 1.12 bits per heavy atom. The van der Waals surface area contributed by atoms with Crippen LogP contribution in [0.15, 0.2) is 30.3 Å². The van der Waals surface area contributed by atoms with Crippen LogP contribution in [0.1, 0.15) is 27.0 Å². The third-order valence-electron chi connectivity index (χ3n) is 6.80. The van der Waals surface area contributed by atoms with Gasteiger partial charge in [-0.2, -0.15) is 0 Å². The molecule has 4 heteroatoms. The molecule has 2 N–H and O–H groups in total. The van der Waals surface area contributed by atoms with Gasteiger partial charge in [-0.1, -0.05) is 73.0 Å². The van der Waals surface area contributed by atoms with Crippen LogP contribution >= 0.6 is 0 Å². The monoisotopic (exact) mass is 363 g/mol. The van der Waals surface area contributed by atoms with Crippen LogP contribution in [-0.4, -0.2) is 21.1 Å². The molecule has 0 bridgehead atoms. The third kappa shape index (κ3) is 1.98. The van der Waals surface area contributed by atoms with E-state index in [0.717, 1.165) is 12.0 Å². The van der Waals surface area contributed by atoms with Crippen LogP contribution in [0.2, 0.25) is 26.2 Å². The SMILES string of the molecule is Cc1c(C(N)=O)cc2c(c1-c1cccc3c1C=CC3)[Si](C)(C)[Si]2(C)C. The second-order valence-electron chi connectivity index (χ2n) is 8.45. The first-order chi connectivity index (χ1) is 11.7. The van der Waals surface area contributed by atoms with E-state index in [1.165, 1.54) is 27.4 Å². The first kappa shape index (κ1) is 16.5. The summed E-state index contributed by atoms with van der Waals surface area (Å²) in [6.45, 7) is 12.0. The van der Waals surface area contributed by atoms with E-state index in [2.05, 4.69) is 69.5 Å². The van der Waals surface area contributed by atoms with Crippen molar-refractivity contribution < 1.29 is 4.79 Å². The predicted molar refractivity (Wildman–Crippen MR) is 112 cm³/mol. The normalized spacial score (nSPS) is 18.4. The van der Waals surface area contributed by atoms with Crippen molar-refractivity contribution in [3.05, 3.63) is 52.6 Å². The average molecular weight is 364 g/mol. The Balaban J connectivity index is 2.12. The van der Waals surface area contributed by atoms with Crippen molar-refractivity contribution in [2.24, 2.45) is 5.73 Å². The minimum absolute atomic E-state index is 0.305. The maximum absolute atomic E-state index is 12.1. The van der Waals surface area contributed by atoms with Crippen molar-refractivity contribution >= 4 is 37.5 Å². The van der Waals surface area contributed by atoms with Gasteiger partial charge in [-0.15, -0.1) is 0 Å². The van der Waals surface area contributed by atoms with Gasteiger partial charge in [0.05, 0.1) is 15.2 Å². The lowest BCUT2D eigenvalue weighted by Gasteiger charge is -2.53. The van der Waals surface area contributed by atoms with Crippen molar-refractivity contribution in [2.75, 3.05) is 0 Å². The summed E-state index contributed by atoms with van der Waals surface area (Å²) >= 11 is 0. The number of fused-ring (bicyclic) bond motifs is 2. The van der Waals surface area contributed by atoms with Gasteiger partial charge >= 0.3 is 0 Å². The fraction of sp³-hybridized carbons (Fsp3) is 0.286. The van der Waals surface area contributed by atoms with Gasteiger partial charge in [0.15, 0.2) is 0 Å². The lowest BCUT2D eigenvalue weighted by molar-refractivity contribution is 0.1000. The number of nitrogens with two attached hydrogens (primary N) is 1. The van der Waals surface area contributed by atoms with Gasteiger partial charge in [-0.25, -0.2) is 0 Å². The van der Waals surface area contributed by atoms with E-state index in [1.54, 1.807) is 5.19 Å². The molecule has 2 aromatic carbocycles. The van der Waals surface area contributed by atoms with Crippen molar-refractivity contribution in [3.63, 3.8) is 0 Å². The number of hydrogen-bond acceptors (Lipinski definition) is 1. The molecule has 0 unspecified atom stereocenters. The highest BCUT2D eigenvalue weighted by Crippen LogP contribution is 2.38. The molecule has 0 fully saturated rings. The first-order valence-electron chi connectivity index (χ1n) is 8.95. The lowest BCUT2D eigenvalue weighted by Crippen LogP contribution is -2.85. The Kier molecular flexibility index (Phi) is 3.34. The van der Waals surface area contributed by atoms with E-state index >= 15 is 0 Å². The molecule has 0 radical (unpaired) electrons. The molecule has 2 nitrogen and oxygen atoms in total. The second kappa shape index (κ2) is 5.05. The molecule has 4 rings (SSSR count). The number of rotatable bonds is 2. The lowest BCUT2D eigenvalue weighted by atomic mass is 9.91. The standard InChI is InChI=1S/C21H25NOSi2/c1-13-17(21(22)23)12-18-20(25(4,5)24(18,2)3)19(13)16-11-7-9-14-8-6-10-15(14)16/h6-7,9-12H,8H2,1-5H3,(H2,22,23). The molecule has 128 valence electrons. The summed E-state index contributed by atoms with van der Waals surface area (Å²) in [4.78, 5) is 12.1. The molecule has 0 aromatic heterocycles. The Hall–Kier alpha value is -1.92. The van der Waals surface area contributed by atoms with Gasteiger partial charge in [-0.3, -0.25) is 4.79 Å². The van der Waals surface area contributed by atoms with Crippen LogP contribution in [0.25, 0.3) is 17.2 Å². The number of amides is 1. The van der Waals surface area contributed by atoms with Gasteiger partial charge in [0, 0.05) is 5.56 Å². The van der Waals surface area contributed by atoms with Crippen molar-refractivity contribution in [2.45, 2.75) is 39.5 Å². The minimum Gasteiger partial charge on any atom is -0.366 e. The number of benzene rings is 2. The molecule has 0 saturated carbocycles. The molecule has 0 saturated heterocycles. The maximum Gasteiger partial charge on any atom is 0.248 e. The van der Waals surface area contributed by atoms with Crippen molar-refractivity contribution in [3.8, 4) is 11.1 Å². The number of carbonyl (C=O) groups is 1. The van der Waals surface area contributed by atoms with Crippen LogP contribution in [0.4, 0.5) is 0 Å². The van der Waals surface area contributed by atoms with E-state index in [0.29, 0.717) is 5.56 Å². The Bertz CT molecular complexity index is 970. The van der Waals surface area contributed by atoms with E-state index in [9.17, 15) is 4.79 Å². The van der Waals surface area contributed by atoms with E-state index in [4.69, 9.17) is 5.73 Å². The molecule has 1 heterocycles. The smallest absolute Gasteiger partial charge is 0.248 e. The van der Waals surface area contributed by atoms with Gasteiger partial charge in [0.25, 0.3) is 0 Å². The van der Waals surface area contributed by atoms with Gasteiger partial charge in [0.2, 0.25) is 5.91 Å². The van der Waals surface area contributed by atoms with Gasteiger partial charge in [0.1, 0.15) is 0 Å². The zero-order chi connectivity index (χ0) is 18.1. The van der Waals surface area contributed by atoms with Crippen molar-refractivity contribution in [1.29, 1.82) is 0 Å². The largest absolute Gasteiger partial charge is 0.366 e. The average Bonchev–Trinajstić information content (AvgIpc) is 3.02. The predicted octanol–water partition coefficient (Wildman–Crippen LogP) is 3.25. The third-order valence-corrected chi connectivity index (χ3v) is 24.6. The summed E-state index contributed by atoms with van der Waals surface area (Å²) in [5.74, 6) is -0.305. The van der Waals surface area contributed by atoms with Crippen LogP contribution in [0.3, 0.4) is 0 Å². The molecule has 0 atom stereocenters. The molecule has 2 aliphatic rings. The molecule has 2 aromatic rings. The van der Waals surface area contributed by atoms with E-state index in [-0.39, 0.29) is 5.91 Å². The van der Waals surface area contributed by atoms with Crippen LogP contribution < -0.4 is 16.1 Å². The summed E-state index contributed by atoms with van der Waals surface area (Å²) < 4.78 is 0. The fourth-order valence-electron chi connectivity index (χ4n) is 4.61. The molecule has 25 heavy (non-hydrogen) atoms. The summed E-state index contributed by atoms with van der Waals surface area (Å²) in [6.07, 6.45) is 5.47. The number of carbonyl (C=O) groups excluding carboxylic acids is 1. The summed E-state index contributed by atoms with van der Waals surface area (Å²) in [7, 11) is -2.96.